The van der Waals surface area contributed by atoms with Crippen LogP contribution in [0.1, 0.15) is 39.2 Å². The first-order chi connectivity index (χ1) is 10.0. The van der Waals surface area contributed by atoms with E-state index in [1.807, 2.05) is 38.1 Å². The molecule has 0 radical (unpaired) electrons. The minimum atomic E-state index is -0.239. The van der Waals surface area contributed by atoms with Crippen molar-refractivity contribution in [3.05, 3.63) is 29.8 Å². The van der Waals surface area contributed by atoms with Crippen molar-refractivity contribution < 1.29 is 9.59 Å². The van der Waals surface area contributed by atoms with E-state index in [1.54, 1.807) is 4.90 Å². The van der Waals surface area contributed by atoms with Crippen molar-refractivity contribution in [2.45, 2.75) is 46.1 Å². The molecular weight excluding hydrogens is 264 g/mol. The fourth-order valence-electron chi connectivity index (χ4n) is 2.51. The molecule has 0 spiro atoms. The van der Waals surface area contributed by atoms with Crippen molar-refractivity contribution in [2.24, 2.45) is 5.92 Å². The minimum absolute atomic E-state index is 0.00891. The maximum atomic E-state index is 12.1. The maximum Gasteiger partial charge on any atom is 0.227 e. The van der Waals surface area contributed by atoms with Crippen LogP contribution in [0, 0.1) is 5.92 Å². The van der Waals surface area contributed by atoms with Gasteiger partial charge in [0.2, 0.25) is 11.8 Å². The average molecular weight is 288 g/mol. The van der Waals surface area contributed by atoms with Crippen LogP contribution in [0.5, 0.6) is 0 Å². The summed E-state index contributed by atoms with van der Waals surface area (Å²) in [5, 5.41) is 2.96. The average Bonchev–Trinajstić information content (AvgIpc) is 2.89. The molecule has 2 atom stereocenters. The second-order valence-electron chi connectivity index (χ2n) is 5.74. The molecule has 1 aliphatic heterocycles. The van der Waals surface area contributed by atoms with Gasteiger partial charge in [-0.1, -0.05) is 26.0 Å². The molecule has 0 aliphatic carbocycles. The van der Waals surface area contributed by atoms with Crippen molar-refractivity contribution >= 4 is 17.5 Å². The molecule has 2 rings (SSSR count). The Labute approximate surface area is 126 Å². The van der Waals surface area contributed by atoms with Gasteiger partial charge in [-0.2, -0.15) is 0 Å². The van der Waals surface area contributed by atoms with Crippen molar-refractivity contribution in [3.8, 4) is 0 Å². The summed E-state index contributed by atoms with van der Waals surface area (Å²) >= 11 is 0. The number of rotatable bonds is 5. The molecule has 1 aromatic carbocycles. The number of benzene rings is 1. The molecule has 114 valence electrons. The first kappa shape index (κ1) is 15.5. The van der Waals surface area contributed by atoms with Gasteiger partial charge in [0.15, 0.2) is 0 Å². The molecule has 4 nitrogen and oxygen atoms in total. The molecule has 2 amide bonds. The topological polar surface area (TPSA) is 49.4 Å². The summed E-state index contributed by atoms with van der Waals surface area (Å²) in [5.74, 6) is -0.216. The van der Waals surface area contributed by atoms with Gasteiger partial charge < -0.3 is 10.2 Å². The summed E-state index contributed by atoms with van der Waals surface area (Å²) in [7, 11) is 0. The van der Waals surface area contributed by atoms with Crippen molar-refractivity contribution in [1.82, 2.24) is 5.32 Å². The normalized spacial score (nSPS) is 19.7. The quantitative estimate of drug-likeness (QED) is 0.905. The Morgan fingerprint density at radius 3 is 2.57 bits per heavy atom. The highest BCUT2D eigenvalue weighted by Crippen LogP contribution is 2.25. The molecule has 1 aliphatic rings. The highest BCUT2D eigenvalue weighted by molar-refractivity contribution is 6.00. The second kappa shape index (κ2) is 6.74. The number of carbonyl (C=O) groups excluding carboxylic acids is 2. The third-order valence-corrected chi connectivity index (χ3v) is 4.15. The molecular formula is C17H24N2O2. The van der Waals surface area contributed by atoms with Crippen LogP contribution in [0.3, 0.4) is 0 Å². The molecule has 1 N–H and O–H groups in total. The number of carbonyl (C=O) groups is 2. The van der Waals surface area contributed by atoms with E-state index >= 15 is 0 Å². The highest BCUT2D eigenvalue weighted by Gasteiger charge is 2.35. The van der Waals surface area contributed by atoms with Crippen molar-refractivity contribution in [3.63, 3.8) is 0 Å². The lowest BCUT2D eigenvalue weighted by atomic mass is 10.1. The Bertz CT molecular complexity index is 510. The van der Waals surface area contributed by atoms with E-state index in [0.717, 1.165) is 18.5 Å². The van der Waals surface area contributed by atoms with Gasteiger partial charge in [-0.25, -0.2) is 0 Å². The molecule has 1 fully saturated rings. The highest BCUT2D eigenvalue weighted by atomic mass is 16.2. The second-order valence-corrected chi connectivity index (χ2v) is 5.74. The van der Waals surface area contributed by atoms with Gasteiger partial charge in [0.05, 0.1) is 5.92 Å². The van der Waals surface area contributed by atoms with Crippen LogP contribution in [-0.2, 0) is 16.0 Å². The fraction of sp³-hybridized carbons (Fsp3) is 0.529. The lowest BCUT2D eigenvalue weighted by Gasteiger charge is -2.18. The molecule has 0 aromatic heterocycles. The minimum Gasteiger partial charge on any atom is -0.353 e. The zero-order valence-corrected chi connectivity index (χ0v) is 13.1. The molecule has 0 bridgehead atoms. The first-order valence-electron chi connectivity index (χ1n) is 7.74. The van der Waals surface area contributed by atoms with E-state index < -0.39 is 0 Å². The Morgan fingerprint density at radius 2 is 2.00 bits per heavy atom. The Kier molecular flexibility index (Phi) is 4.99. The summed E-state index contributed by atoms with van der Waals surface area (Å²) in [6, 6.07) is 8.16. The molecule has 1 saturated heterocycles. The van der Waals surface area contributed by atoms with E-state index in [0.29, 0.717) is 13.0 Å². The van der Waals surface area contributed by atoms with Crippen LogP contribution in [0.4, 0.5) is 5.69 Å². The third-order valence-electron chi connectivity index (χ3n) is 4.15. The summed E-state index contributed by atoms with van der Waals surface area (Å²) in [6.45, 7) is 6.60. The van der Waals surface area contributed by atoms with Crippen LogP contribution in [-0.4, -0.2) is 24.4 Å². The predicted molar refractivity (Wildman–Crippen MR) is 84.2 cm³/mol. The summed E-state index contributed by atoms with van der Waals surface area (Å²) in [4.78, 5) is 26.0. The lowest BCUT2D eigenvalue weighted by molar-refractivity contribution is -0.126. The first-order valence-corrected chi connectivity index (χ1v) is 7.74. The van der Waals surface area contributed by atoms with Gasteiger partial charge >= 0.3 is 0 Å². The number of anilines is 1. The van der Waals surface area contributed by atoms with Crippen LogP contribution < -0.4 is 10.2 Å². The van der Waals surface area contributed by atoms with Gasteiger partial charge in [0.1, 0.15) is 0 Å². The largest absolute Gasteiger partial charge is 0.353 e. The molecule has 0 saturated carbocycles. The van der Waals surface area contributed by atoms with Crippen molar-refractivity contribution in [1.29, 1.82) is 0 Å². The summed E-state index contributed by atoms with van der Waals surface area (Å²) < 4.78 is 0. The zero-order chi connectivity index (χ0) is 15.4. The van der Waals surface area contributed by atoms with Crippen LogP contribution in [0.15, 0.2) is 24.3 Å². The number of aryl methyl sites for hydroxylation is 1. The number of hydrogen-bond donors (Lipinski definition) is 1. The standard InChI is InChI=1S/C17H24N2O2/c1-4-12(3)18-17(21)14-10-16(20)19(11-14)15-8-6-13(5-2)7-9-15/h6-9,12,14H,4-5,10-11H2,1-3H3,(H,18,21)/t12-,14-/m0/s1. The van der Waals surface area contributed by atoms with Crippen LogP contribution in [0.25, 0.3) is 0 Å². The van der Waals surface area contributed by atoms with E-state index in [-0.39, 0.29) is 23.8 Å². The predicted octanol–water partition coefficient (Wildman–Crippen LogP) is 2.52. The Morgan fingerprint density at radius 1 is 1.33 bits per heavy atom. The summed E-state index contributed by atoms with van der Waals surface area (Å²) in [5.41, 5.74) is 2.13. The van der Waals surface area contributed by atoms with Gasteiger partial charge in [0.25, 0.3) is 0 Å². The van der Waals surface area contributed by atoms with Gasteiger partial charge in [-0.15, -0.1) is 0 Å². The smallest absolute Gasteiger partial charge is 0.227 e. The van der Waals surface area contributed by atoms with Crippen LogP contribution in [0.2, 0.25) is 0 Å². The third kappa shape index (κ3) is 3.63. The molecule has 1 heterocycles. The van der Waals surface area contributed by atoms with E-state index in [2.05, 4.69) is 12.2 Å². The number of nitrogens with one attached hydrogen (secondary N) is 1. The summed E-state index contributed by atoms with van der Waals surface area (Å²) in [6.07, 6.45) is 2.18. The van der Waals surface area contributed by atoms with Crippen LogP contribution >= 0.6 is 0 Å². The Hall–Kier alpha value is -1.84. The van der Waals surface area contributed by atoms with Gasteiger partial charge in [-0.05, 0) is 37.5 Å². The van der Waals surface area contributed by atoms with E-state index in [9.17, 15) is 9.59 Å². The maximum absolute atomic E-state index is 12.1. The lowest BCUT2D eigenvalue weighted by Crippen LogP contribution is -2.38. The van der Waals surface area contributed by atoms with Gasteiger partial charge in [0, 0.05) is 24.7 Å². The van der Waals surface area contributed by atoms with E-state index in [4.69, 9.17) is 0 Å². The van der Waals surface area contributed by atoms with Crippen molar-refractivity contribution in [2.75, 3.05) is 11.4 Å². The number of hydrogen-bond acceptors (Lipinski definition) is 2. The molecule has 1 aromatic rings. The zero-order valence-electron chi connectivity index (χ0n) is 13.1. The monoisotopic (exact) mass is 288 g/mol. The number of nitrogens with zero attached hydrogens (tertiary/aromatic N) is 1. The number of amides is 2. The molecule has 21 heavy (non-hydrogen) atoms. The SMILES string of the molecule is CCc1ccc(N2C[C@@H](C(=O)N[C@@H](C)CC)CC2=O)cc1. The fourth-order valence-corrected chi connectivity index (χ4v) is 2.51. The van der Waals surface area contributed by atoms with Gasteiger partial charge in [-0.3, -0.25) is 9.59 Å². The molecule has 4 heteroatoms. The Balaban J connectivity index is 2.03. The van der Waals surface area contributed by atoms with E-state index in [1.165, 1.54) is 5.56 Å². The molecule has 0 unspecified atom stereocenters.